The van der Waals surface area contributed by atoms with Crippen molar-refractivity contribution in [3.05, 3.63) is 41.0 Å². The van der Waals surface area contributed by atoms with Crippen LogP contribution in [0.1, 0.15) is 44.7 Å². The predicted molar refractivity (Wildman–Crippen MR) is 116 cm³/mol. The van der Waals surface area contributed by atoms with Crippen molar-refractivity contribution in [2.75, 3.05) is 26.2 Å². The van der Waals surface area contributed by atoms with Crippen LogP contribution < -0.4 is 5.32 Å². The molecule has 0 saturated carbocycles. The van der Waals surface area contributed by atoms with E-state index < -0.39 is 10.0 Å². The lowest BCUT2D eigenvalue weighted by molar-refractivity contribution is 0.196. The van der Waals surface area contributed by atoms with Gasteiger partial charge in [0.15, 0.2) is 0 Å². The fourth-order valence-electron chi connectivity index (χ4n) is 3.62. The summed E-state index contributed by atoms with van der Waals surface area (Å²) in [5, 5.41) is 3.00. The summed E-state index contributed by atoms with van der Waals surface area (Å²) >= 11 is 0. The molecule has 1 unspecified atom stereocenters. The monoisotopic (exact) mass is 418 g/mol. The topological polar surface area (TPSA) is 82.1 Å². The Morgan fingerprint density at radius 1 is 1.14 bits per heavy atom. The maximum absolute atomic E-state index is 12.8. The van der Waals surface area contributed by atoms with Gasteiger partial charge in [-0.2, -0.15) is 8.42 Å². The zero-order valence-corrected chi connectivity index (χ0v) is 18.4. The van der Waals surface area contributed by atoms with E-state index in [0.29, 0.717) is 43.2 Å². The molecule has 0 bridgehead atoms. The Hall–Kier alpha value is -2.35. The van der Waals surface area contributed by atoms with Crippen LogP contribution in [0.5, 0.6) is 0 Å². The second-order valence-electron chi connectivity index (χ2n) is 7.80. The van der Waals surface area contributed by atoms with Gasteiger partial charge in [0.25, 0.3) is 10.0 Å². The number of rotatable bonds is 3. The molecule has 2 heterocycles. The largest absolute Gasteiger partial charge is 0.354 e. The zero-order valence-electron chi connectivity index (χ0n) is 17.6. The number of aryl methyl sites for hydroxylation is 1. The third-order valence-electron chi connectivity index (χ3n) is 5.52. The number of hydrogen-bond acceptors (Lipinski definition) is 4. The number of carbonyl (C=O) groups excluding carboxylic acids is 1. The summed E-state index contributed by atoms with van der Waals surface area (Å²) in [5.74, 6) is 0.504. The fraction of sp³-hybridized carbons (Fsp3) is 0.524. The van der Waals surface area contributed by atoms with Gasteiger partial charge in [0.1, 0.15) is 10.7 Å². The molecule has 2 aliphatic rings. The van der Waals surface area contributed by atoms with Crippen LogP contribution in [0.25, 0.3) is 4.91 Å². The first-order chi connectivity index (χ1) is 13.7. The molecule has 1 saturated heterocycles. The van der Waals surface area contributed by atoms with E-state index in [1.54, 1.807) is 4.90 Å². The molecule has 1 aromatic carbocycles. The summed E-state index contributed by atoms with van der Waals surface area (Å²) in [5.41, 5.74) is 2.41. The molecule has 1 fully saturated rings. The molecule has 2 aliphatic heterocycles. The Bertz CT molecular complexity index is 935. The van der Waals surface area contributed by atoms with Crippen molar-refractivity contribution < 1.29 is 13.2 Å². The van der Waals surface area contributed by atoms with Crippen LogP contribution in [0.2, 0.25) is 0 Å². The Balaban J connectivity index is 1.78. The number of hydrogen-bond donors (Lipinski definition) is 1. The molecule has 158 valence electrons. The van der Waals surface area contributed by atoms with E-state index >= 15 is 0 Å². The molecule has 8 heteroatoms. The molecular formula is C21H30N4O3S. The van der Waals surface area contributed by atoms with Gasteiger partial charge in [0.2, 0.25) is 0 Å². The van der Waals surface area contributed by atoms with E-state index in [4.69, 9.17) is 0 Å². The number of sulfonamides is 1. The second kappa shape index (κ2) is 8.57. The van der Waals surface area contributed by atoms with Crippen molar-refractivity contribution >= 4 is 26.8 Å². The van der Waals surface area contributed by atoms with Crippen molar-refractivity contribution in [2.24, 2.45) is 4.40 Å². The van der Waals surface area contributed by atoms with Crippen LogP contribution in [0, 0.1) is 6.92 Å². The van der Waals surface area contributed by atoms with Crippen molar-refractivity contribution in [1.29, 1.82) is 0 Å². The SMILES string of the molecule is CCC(C)NC(=O)N1CCCN(C2=NS(=O)(=O)C(c3ccc(C)cc3)=C2C)CC1. The third kappa shape index (κ3) is 4.63. The molecule has 7 nitrogen and oxygen atoms in total. The van der Waals surface area contributed by atoms with Gasteiger partial charge in [-0.25, -0.2) is 4.79 Å². The Morgan fingerprint density at radius 3 is 2.48 bits per heavy atom. The van der Waals surface area contributed by atoms with Gasteiger partial charge in [0, 0.05) is 37.8 Å². The van der Waals surface area contributed by atoms with Gasteiger partial charge in [-0.3, -0.25) is 0 Å². The molecule has 0 aromatic heterocycles. The van der Waals surface area contributed by atoms with Crippen molar-refractivity contribution in [1.82, 2.24) is 15.1 Å². The quantitative estimate of drug-likeness (QED) is 0.818. The lowest BCUT2D eigenvalue weighted by Crippen LogP contribution is -2.45. The minimum Gasteiger partial charge on any atom is -0.354 e. The van der Waals surface area contributed by atoms with Crippen molar-refractivity contribution in [2.45, 2.75) is 46.6 Å². The highest BCUT2D eigenvalue weighted by Gasteiger charge is 2.34. The molecule has 2 amide bonds. The molecule has 0 aliphatic carbocycles. The fourth-order valence-corrected chi connectivity index (χ4v) is 5.11. The van der Waals surface area contributed by atoms with Gasteiger partial charge < -0.3 is 15.1 Å². The van der Waals surface area contributed by atoms with E-state index in [1.165, 1.54) is 0 Å². The third-order valence-corrected chi connectivity index (χ3v) is 6.99. The number of urea groups is 1. The van der Waals surface area contributed by atoms with Crippen LogP contribution in [0.3, 0.4) is 0 Å². The molecule has 1 aromatic rings. The van der Waals surface area contributed by atoms with Crippen LogP contribution in [0.15, 0.2) is 34.2 Å². The molecule has 3 rings (SSSR count). The van der Waals surface area contributed by atoms with E-state index in [1.807, 2.05) is 56.9 Å². The summed E-state index contributed by atoms with van der Waals surface area (Å²) in [6.07, 6.45) is 1.65. The second-order valence-corrected chi connectivity index (χ2v) is 9.34. The maximum atomic E-state index is 12.8. The van der Waals surface area contributed by atoms with E-state index in [0.717, 1.165) is 18.4 Å². The smallest absolute Gasteiger partial charge is 0.317 e. The average molecular weight is 419 g/mol. The van der Waals surface area contributed by atoms with Gasteiger partial charge in [-0.1, -0.05) is 36.8 Å². The summed E-state index contributed by atoms with van der Waals surface area (Å²) < 4.78 is 29.7. The summed E-state index contributed by atoms with van der Waals surface area (Å²) in [4.78, 5) is 16.5. The highest BCUT2D eigenvalue weighted by molar-refractivity contribution is 8.00. The summed E-state index contributed by atoms with van der Waals surface area (Å²) in [6, 6.07) is 7.54. The number of amides is 2. The molecule has 1 atom stereocenters. The van der Waals surface area contributed by atoms with Crippen LogP contribution in [0.4, 0.5) is 4.79 Å². The highest BCUT2D eigenvalue weighted by Crippen LogP contribution is 2.33. The van der Waals surface area contributed by atoms with Crippen molar-refractivity contribution in [3.63, 3.8) is 0 Å². The zero-order chi connectivity index (χ0) is 21.2. The number of amidine groups is 1. The molecular weight excluding hydrogens is 388 g/mol. The van der Waals surface area contributed by atoms with Crippen LogP contribution in [-0.2, 0) is 10.0 Å². The first kappa shape index (κ1) is 21.4. The molecule has 0 radical (unpaired) electrons. The normalized spacial score (nSPS) is 20.3. The van der Waals surface area contributed by atoms with Crippen molar-refractivity contribution in [3.8, 4) is 0 Å². The Labute approximate surface area is 173 Å². The van der Waals surface area contributed by atoms with E-state index in [9.17, 15) is 13.2 Å². The number of benzene rings is 1. The molecule has 0 spiro atoms. The van der Waals surface area contributed by atoms with Gasteiger partial charge >= 0.3 is 6.03 Å². The van der Waals surface area contributed by atoms with Gasteiger partial charge in [-0.15, -0.1) is 4.40 Å². The predicted octanol–water partition coefficient (Wildman–Crippen LogP) is 2.98. The Kier molecular flexibility index (Phi) is 6.31. The summed E-state index contributed by atoms with van der Waals surface area (Å²) in [7, 11) is -3.73. The maximum Gasteiger partial charge on any atom is 0.317 e. The number of carbonyl (C=O) groups is 1. The minimum atomic E-state index is -3.73. The van der Waals surface area contributed by atoms with E-state index in [2.05, 4.69) is 9.71 Å². The number of nitrogens with zero attached hydrogens (tertiary/aromatic N) is 3. The summed E-state index contributed by atoms with van der Waals surface area (Å²) in [6.45, 7) is 10.2. The highest BCUT2D eigenvalue weighted by atomic mass is 32.2. The lowest BCUT2D eigenvalue weighted by atomic mass is 10.1. The Morgan fingerprint density at radius 2 is 1.83 bits per heavy atom. The van der Waals surface area contributed by atoms with Gasteiger partial charge in [0.05, 0.1) is 0 Å². The van der Waals surface area contributed by atoms with Crippen LogP contribution >= 0.6 is 0 Å². The first-order valence-electron chi connectivity index (χ1n) is 10.2. The minimum absolute atomic E-state index is 0.0604. The molecule has 29 heavy (non-hydrogen) atoms. The first-order valence-corrected chi connectivity index (χ1v) is 11.6. The lowest BCUT2D eigenvalue weighted by Gasteiger charge is -2.25. The molecule has 1 N–H and O–H groups in total. The average Bonchev–Trinajstić information content (AvgIpc) is 2.83. The van der Waals surface area contributed by atoms with Gasteiger partial charge in [-0.05, 0) is 39.2 Å². The van der Waals surface area contributed by atoms with Crippen LogP contribution in [-0.4, -0.2) is 62.3 Å². The number of nitrogens with one attached hydrogen (secondary N) is 1. The standard InChI is InChI=1S/C21H30N4O3S/c1-5-16(3)22-21(26)25-12-6-11-24(13-14-25)20-17(4)19(29(27,28)23-20)18-9-7-15(2)8-10-18/h7-10,16H,5-6,11-14H2,1-4H3,(H,22,26). The van der Waals surface area contributed by atoms with E-state index in [-0.39, 0.29) is 17.0 Å².